The number of carbonyl (C=O) groups is 2. The molecular weight excluding hydrogens is 394 g/mol. The Hall–Kier alpha value is -4.27. The third-order valence-electron chi connectivity index (χ3n) is 5.32. The first-order valence-corrected chi connectivity index (χ1v) is 9.78. The zero-order chi connectivity index (χ0) is 21.4. The van der Waals surface area contributed by atoms with E-state index in [0.717, 1.165) is 11.1 Å². The molecule has 9 heteroatoms. The molecule has 3 amide bonds. The zero-order valence-corrected chi connectivity index (χ0v) is 16.7. The largest absolute Gasteiger partial charge is 0.365 e. The summed E-state index contributed by atoms with van der Waals surface area (Å²) in [6, 6.07) is 20.5. The van der Waals surface area contributed by atoms with E-state index in [1.165, 1.54) is 0 Å². The molecule has 1 atom stereocenters. The van der Waals surface area contributed by atoms with Crippen molar-refractivity contribution in [2.75, 3.05) is 5.32 Å². The summed E-state index contributed by atoms with van der Waals surface area (Å²) in [7, 11) is 0. The number of rotatable bonds is 5. The maximum atomic E-state index is 12.2. The van der Waals surface area contributed by atoms with Gasteiger partial charge in [-0.15, -0.1) is 15.3 Å². The number of anilines is 1. The number of hydrogen-bond acceptors (Lipinski definition) is 6. The number of nitrogens with zero attached hydrogens (tertiary/aromatic N) is 4. The molecule has 0 saturated carbocycles. The molecule has 0 bridgehead atoms. The Labute approximate surface area is 177 Å². The van der Waals surface area contributed by atoms with Gasteiger partial charge in [0, 0.05) is 12.1 Å². The monoisotopic (exact) mass is 413 g/mol. The van der Waals surface area contributed by atoms with Crippen LogP contribution < -0.4 is 16.0 Å². The number of imide groups is 1. The van der Waals surface area contributed by atoms with E-state index in [9.17, 15) is 9.59 Å². The summed E-state index contributed by atoms with van der Waals surface area (Å²) in [6.07, 6.45) is 0. The van der Waals surface area contributed by atoms with Gasteiger partial charge in [0.15, 0.2) is 11.5 Å². The van der Waals surface area contributed by atoms with E-state index in [1.807, 2.05) is 66.7 Å². The molecule has 2 aromatic heterocycles. The number of fused-ring (bicyclic) bond motifs is 1. The van der Waals surface area contributed by atoms with Crippen molar-refractivity contribution in [3.05, 3.63) is 77.9 Å². The van der Waals surface area contributed by atoms with E-state index in [4.69, 9.17) is 0 Å². The number of urea groups is 1. The van der Waals surface area contributed by atoms with Crippen LogP contribution in [-0.2, 0) is 16.9 Å². The van der Waals surface area contributed by atoms with Gasteiger partial charge in [-0.2, -0.15) is 4.52 Å². The molecule has 3 heterocycles. The lowest BCUT2D eigenvalue weighted by Crippen LogP contribution is -2.40. The molecule has 0 aliphatic carbocycles. The van der Waals surface area contributed by atoms with E-state index < -0.39 is 11.6 Å². The summed E-state index contributed by atoms with van der Waals surface area (Å²) in [5.41, 5.74) is 2.15. The summed E-state index contributed by atoms with van der Waals surface area (Å²) in [5, 5.41) is 21.3. The van der Waals surface area contributed by atoms with Crippen molar-refractivity contribution in [2.24, 2.45) is 0 Å². The van der Waals surface area contributed by atoms with Crippen molar-refractivity contribution in [1.82, 2.24) is 30.4 Å². The minimum absolute atomic E-state index is 0.365. The molecule has 9 nitrogen and oxygen atoms in total. The maximum absolute atomic E-state index is 12.2. The molecule has 0 spiro atoms. The molecule has 1 unspecified atom stereocenters. The summed E-state index contributed by atoms with van der Waals surface area (Å²) in [5.74, 6) is 0.959. The van der Waals surface area contributed by atoms with Crippen molar-refractivity contribution >= 4 is 23.4 Å². The molecular formula is C22H19N7O2. The van der Waals surface area contributed by atoms with Crippen molar-refractivity contribution in [2.45, 2.75) is 19.0 Å². The first-order valence-electron chi connectivity index (χ1n) is 9.78. The van der Waals surface area contributed by atoms with Gasteiger partial charge >= 0.3 is 6.03 Å². The molecule has 4 aromatic rings. The molecule has 3 N–H and O–H groups in total. The molecule has 31 heavy (non-hydrogen) atoms. The van der Waals surface area contributed by atoms with Crippen LogP contribution in [0.1, 0.15) is 18.1 Å². The highest BCUT2D eigenvalue weighted by atomic mass is 16.2. The van der Waals surface area contributed by atoms with Gasteiger partial charge in [0.1, 0.15) is 11.4 Å². The van der Waals surface area contributed by atoms with Gasteiger partial charge in [0.2, 0.25) is 0 Å². The minimum Gasteiger partial charge on any atom is -0.365 e. The molecule has 154 valence electrons. The highest BCUT2D eigenvalue weighted by Crippen LogP contribution is 2.25. The lowest BCUT2D eigenvalue weighted by atomic mass is 9.91. The number of aromatic nitrogens is 4. The zero-order valence-electron chi connectivity index (χ0n) is 16.7. The second-order valence-corrected chi connectivity index (χ2v) is 7.47. The predicted molar refractivity (Wildman–Crippen MR) is 114 cm³/mol. The number of nitrogens with one attached hydrogen (secondary N) is 3. The van der Waals surface area contributed by atoms with Crippen LogP contribution in [0.5, 0.6) is 0 Å². The number of hydrogen-bond donors (Lipinski definition) is 3. The summed E-state index contributed by atoms with van der Waals surface area (Å²) in [4.78, 5) is 23.8. The lowest BCUT2D eigenvalue weighted by Gasteiger charge is -2.21. The molecule has 2 aromatic carbocycles. The second-order valence-electron chi connectivity index (χ2n) is 7.47. The van der Waals surface area contributed by atoms with E-state index in [-0.39, 0.29) is 5.91 Å². The van der Waals surface area contributed by atoms with E-state index in [0.29, 0.717) is 29.4 Å². The van der Waals surface area contributed by atoms with E-state index >= 15 is 0 Å². The quantitative estimate of drug-likeness (QED) is 0.433. The van der Waals surface area contributed by atoms with Crippen molar-refractivity contribution in [3.63, 3.8) is 0 Å². The van der Waals surface area contributed by atoms with Gasteiger partial charge in [0.25, 0.3) is 5.91 Å². The van der Waals surface area contributed by atoms with Crippen molar-refractivity contribution in [1.29, 1.82) is 0 Å². The average molecular weight is 413 g/mol. The maximum Gasteiger partial charge on any atom is 0.322 e. The third-order valence-corrected chi connectivity index (χ3v) is 5.32. The average Bonchev–Trinajstić information content (AvgIpc) is 3.33. The Balaban J connectivity index is 1.38. The van der Waals surface area contributed by atoms with Gasteiger partial charge in [-0.1, -0.05) is 54.6 Å². The standard InChI is InChI=1S/C22H19N7O2/c1-22(20(30)24-21(31)25-22)16-9-5-6-14(12-16)13-23-17-10-11-18-26-27-19(29(18)28-17)15-7-3-2-4-8-15/h2-12H,13H2,1H3,(H,23,28)(H2,24,25,30,31). The molecule has 1 aliphatic heterocycles. The van der Waals surface area contributed by atoms with Gasteiger partial charge < -0.3 is 10.6 Å². The van der Waals surface area contributed by atoms with E-state index in [2.05, 4.69) is 31.2 Å². The van der Waals surface area contributed by atoms with Gasteiger partial charge in [0.05, 0.1) is 0 Å². The fraction of sp³-hybridized carbons (Fsp3) is 0.136. The highest BCUT2D eigenvalue weighted by molar-refractivity contribution is 6.07. The molecule has 1 fully saturated rings. The van der Waals surface area contributed by atoms with E-state index in [1.54, 1.807) is 11.4 Å². The van der Waals surface area contributed by atoms with Crippen LogP contribution in [0.4, 0.5) is 10.6 Å². The Kier molecular flexibility index (Phi) is 4.36. The lowest BCUT2D eigenvalue weighted by molar-refractivity contribution is -0.123. The van der Waals surface area contributed by atoms with Crippen LogP contribution in [0.25, 0.3) is 17.0 Å². The van der Waals surface area contributed by atoms with Crippen molar-refractivity contribution in [3.8, 4) is 11.4 Å². The van der Waals surface area contributed by atoms with Gasteiger partial charge in [-0.3, -0.25) is 10.1 Å². The molecule has 1 saturated heterocycles. The number of amides is 3. The van der Waals surface area contributed by atoms with Gasteiger partial charge in [-0.25, -0.2) is 4.79 Å². The van der Waals surface area contributed by atoms with Crippen LogP contribution in [0.2, 0.25) is 0 Å². The molecule has 1 aliphatic rings. The van der Waals surface area contributed by atoms with Crippen LogP contribution in [0.15, 0.2) is 66.7 Å². The fourth-order valence-electron chi connectivity index (χ4n) is 3.58. The SMILES string of the molecule is CC1(c2cccc(CNc3ccc4nnc(-c5ccccc5)n4n3)c2)NC(=O)NC1=O. The first-order chi connectivity index (χ1) is 15.0. The summed E-state index contributed by atoms with van der Waals surface area (Å²) >= 11 is 0. The topological polar surface area (TPSA) is 113 Å². The highest BCUT2D eigenvalue weighted by Gasteiger charge is 2.43. The van der Waals surface area contributed by atoms with Crippen LogP contribution in [-0.4, -0.2) is 31.7 Å². The molecule has 0 radical (unpaired) electrons. The predicted octanol–water partition coefficient (Wildman–Crippen LogP) is 2.46. The second kappa shape index (κ2) is 7.21. The Bertz CT molecular complexity index is 1300. The Morgan fingerprint density at radius 3 is 2.61 bits per heavy atom. The molecule has 5 rings (SSSR count). The van der Waals surface area contributed by atoms with Gasteiger partial charge in [-0.05, 0) is 30.2 Å². The fourth-order valence-corrected chi connectivity index (χ4v) is 3.58. The minimum atomic E-state index is -1.09. The normalized spacial score (nSPS) is 18.1. The van der Waals surface area contributed by atoms with Crippen LogP contribution in [0, 0.1) is 0 Å². The first kappa shape index (κ1) is 18.7. The summed E-state index contributed by atoms with van der Waals surface area (Å²) < 4.78 is 1.70. The Morgan fingerprint density at radius 1 is 1.00 bits per heavy atom. The summed E-state index contributed by atoms with van der Waals surface area (Å²) in [6.45, 7) is 2.17. The Morgan fingerprint density at radius 2 is 1.84 bits per heavy atom. The smallest absolute Gasteiger partial charge is 0.322 e. The van der Waals surface area contributed by atoms with Crippen LogP contribution >= 0.6 is 0 Å². The number of benzene rings is 2. The van der Waals surface area contributed by atoms with Crippen molar-refractivity contribution < 1.29 is 9.59 Å². The van der Waals surface area contributed by atoms with Crippen LogP contribution in [0.3, 0.4) is 0 Å². The number of carbonyl (C=O) groups excluding carboxylic acids is 2. The third kappa shape index (κ3) is 3.35.